The van der Waals surface area contributed by atoms with Crippen molar-refractivity contribution in [2.24, 2.45) is 5.92 Å². The Hall–Kier alpha value is -1.33. The average Bonchev–Trinajstić information content (AvgIpc) is 2.26. The second kappa shape index (κ2) is 6.42. The molecule has 1 aromatic carbocycles. The number of aliphatic hydroxyl groups is 1. The number of nitro benzene ring substituents is 1. The van der Waals surface area contributed by atoms with Crippen LogP contribution in [-0.4, -0.2) is 23.2 Å². The summed E-state index contributed by atoms with van der Waals surface area (Å²) in [7, 11) is 0. The number of benzene rings is 1. The molecule has 0 saturated heterocycles. The van der Waals surface area contributed by atoms with E-state index in [1.807, 2.05) is 6.92 Å². The smallest absolute Gasteiger partial charge is 0.310 e. The van der Waals surface area contributed by atoms with Gasteiger partial charge in [-0.1, -0.05) is 24.6 Å². The lowest BCUT2D eigenvalue weighted by atomic mass is 10.1. The second-order valence-electron chi connectivity index (χ2n) is 3.89. The van der Waals surface area contributed by atoms with Gasteiger partial charge >= 0.3 is 5.69 Å². The lowest BCUT2D eigenvalue weighted by Gasteiger charge is -2.12. The molecule has 0 heterocycles. The van der Waals surface area contributed by atoms with Crippen LogP contribution in [0.3, 0.4) is 0 Å². The van der Waals surface area contributed by atoms with Crippen LogP contribution in [0, 0.1) is 16.0 Å². The maximum absolute atomic E-state index is 10.9. The Morgan fingerprint density at radius 2 is 2.29 bits per heavy atom. The number of hydrogen-bond acceptors (Lipinski definition) is 4. The minimum Gasteiger partial charge on any atom is -0.396 e. The SMILES string of the molecule is CC(CCO)CNc1cccc(Cl)c1[N+](=O)[O-]. The van der Waals surface area contributed by atoms with Gasteiger partial charge in [0.15, 0.2) is 0 Å². The second-order valence-corrected chi connectivity index (χ2v) is 4.30. The van der Waals surface area contributed by atoms with Crippen molar-refractivity contribution in [2.75, 3.05) is 18.5 Å². The number of para-hydroxylation sites is 1. The van der Waals surface area contributed by atoms with E-state index in [0.29, 0.717) is 18.7 Å². The average molecular weight is 259 g/mol. The molecule has 94 valence electrons. The highest BCUT2D eigenvalue weighted by molar-refractivity contribution is 6.33. The van der Waals surface area contributed by atoms with E-state index < -0.39 is 4.92 Å². The molecule has 0 amide bonds. The van der Waals surface area contributed by atoms with E-state index >= 15 is 0 Å². The first-order chi connectivity index (χ1) is 8.06. The molecule has 6 heteroatoms. The van der Waals surface area contributed by atoms with Crippen LogP contribution in [0.15, 0.2) is 18.2 Å². The van der Waals surface area contributed by atoms with Crippen LogP contribution in [0.1, 0.15) is 13.3 Å². The van der Waals surface area contributed by atoms with E-state index in [0.717, 1.165) is 0 Å². The van der Waals surface area contributed by atoms with Gasteiger partial charge in [0.05, 0.1) is 4.92 Å². The first-order valence-corrected chi connectivity index (χ1v) is 5.71. The van der Waals surface area contributed by atoms with Crippen LogP contribution < -0.4 is 5.32 Å². The molecule has 0 aliphatic carbocycles. The Kier molecular flexibility index (Phi) is 5.18. The van der Waals surface area contributed by atoms with E-state index in [1.54, 1.807) is 12.1 Å². The van der Waals surface area contributed by atoms with Crippen molar-refractivity contribution in [3.05, 3.63) is 33.3 Å². The van der Waals surface area contributed by atoms with Gasteiger partial charge in [0.2, 0.25) is 0 Å². The number of nitrogens with one attached hydrogen (secondary N) is 1. The van der Waals surface area contributed by atoms with E-state index in [2.05, 4.69) is 5.32 Å². The molecule has 0 fully saturated rings. The van der Waals surface area contributed by atoms with Crippen LogP contribution in [-0.2, 0) is 0 Å². The van der Waals surface area contributed by atoms with Gasteiger partial charge in [-0.3, -0.25) is 10.1 Å². The van der Waals surface area contributed by atoms with Gasteiger partial charge < -0.3 is 10.4 Å². The molecule has 0 aromatic heterocycles. The zero-order chi connectivity index (χ0) is 12.8. The summed E-state index contributed by atoms with van der Waals surface area (Å²) in [5.74, 6) is 0.235. The first-order valence-electron chi connectivity index (χ1n) is 5.34. The summed E-state index contributed by atoms with van der Waals surface area (Å²) < 4.78 is 0. The van der Waals surface area contributed by atoms with Crippen molar-refractivity contribution in [2.45, 2.75) is 13.3 Å². The lowest BCUT2D eigenvalue weighted by molar-refractivity contribution is -0.383. The number of anilines is 1. The topological polar surface area (TPSA) is 75.4 Å². The minimum absolute atomic E-state index is 0.106. The number of halogens is 1. The van der Waals surface area contributed by atoms with Gasteiger partial charge in [0.25, 0.3) is 0 Å². The molecule has 1 unspecified atom stereocenters. The molecule has 17 heavy (non-hydrogen) atoms. The van der Waals surface area contributed by atoms with Crippen LogP contribution in [0.25, 0.3) is 0 Å². The van der Waals surface area contributed by atoms with Crippen LogP contribution in [0.4, 0.5) is 11.4 Å². The van der Waals surface area contributed by atoms with Crippen molar-refractivity contribution in [1.82, 2.24) is 0 Å². The van der Waals surface area contributed by atoms with E-state index in [1.165, 1.54) is 6.07 Å². The van der Waals surface area contributed by atoms with Crippen molar-refractivity contribution in [3.63, 3.8) is 0 Å². The molecule has 2 N–H and O–H groups in total. The van der Waals surface area contributed by atoms with Crippen molar-refractivity contribution in [1.29, 1.82) is 0 Å². The lowest BCUT2D eigenvalue weighted by Crippen LogP contribution is -2.13. The summed E-state index contributed by atoms with van der Waals surface area (Å²) in [5, 5.41) is 22.7. The van der Waals surface area contributed by atoms with E-state index in [-0.39, 0.29) is 23.2 Å². The third-order valence-corrected chi connectivity index (χ3v) is 2.74. The van der Waals surface area contributed by atoms with Gasteiger partial charge in [-0.2, -0.15) is 0 Å². The molecule has 0 aliphatic rings. The third kappa shape index (κ3) is 3.87. The molecule has 5 nitrogen and oxygen atoms in total. The van der Waals surface area contributed by atoms with Gasteiger partial charge in [-0.25, -0.2) is 0 Å². The molecule has 0 saturated carbocycles. The van der Waals surface area contributed by atoms with E-state index in [4.69, 9.17) is 16.7 Å². The Bertz CT molecular complexity index is 398. The molecular weight excluding hydrogens is 244 g/mol. The van der Waals surface area contributed by atoms with Crippen molar-refractivity contribution in [3.8, 4) is 0 Å². The number of hydrogen-bond donors (Lipinski definition) is 2. The Morgan fingerprint density at radius 3 is 2.88 bits per heavy atom. The van der Waals surface area contributed by atoms with Crippen LogP contribution in [0.2, 0.25) is 5.02 Å². The summed E-state index contributed by atoms with van der Waals surface area (Å²) in [4.78, 5) is 10.4. The normalized spacial score (nSPS) is 12.2. The van der Waals surface area contributed by atoms with Crippen LogP contribution >= 0.6 is 11.6 Å². The molecule has 0 radical (unpaired) electrons. The predicted molar refractivity (Wildman–Crippen MR) is 67.5 cm³/mol. The summed E-state index contributed by atoms with van der Waals surface area (Å²) in [6.07, 6.45) is 0.654. The highest BCUT2D eigenvalue weighted by Crippen LogP contribution is 2.32. The molecule has 1 aromatic rings. The highest BCUT2D eigenvalue weighted by Gasteiger charge is 2.18. The number of aliphatic hydroxyl groups excluding tert-OH is 1. The van der Waals surface area contributed by atoms with Gasteiger partial charge in [0, 0.05) is 13.2 Å². The fourth-order valence-corrected chi connectivity index (χ4v) is 1.69. The monoisotopic (exact) mass is 258 g/mol. The largest absolute Gasteiger partial charge is 0.396 e. The Morgan fingerprint density at radius 1 is 1.59 bits per heavy atom. The molecular formula is C11H15ClN2O3. The van der Waals surface area contributed by atoms with E-state index in [9.17, 15) is 10.1 Å². The fraction of sp³-hybridized carbons (Fsp3) is 0.455. The third-order valence-electron chi connectivity index (χ3n) is 2.43. The maximum atomic E-state index is 10.9. The minimum atomic E-state index is -0.499. The van der Waals surface area contributed by atoms with Gasteiger partial charge in [-0.15, -0.1) is 0 Å². The summed E-state index contributed by atoms with van der Waals surface area (Å²) >= 11 is 5.78. The quantitative estimate of drug-likeness (QED) is 0.608. The van der Waals surface area contributed by atoms with Crippen LogP contribution in [0.5, 0.6) is 0 Å². The standard InChI is InChI=1S/C11H15ClN2O3/c1-8(5-6-15)7-13-10-4-2-3-9(12)11(10)14(16)17/h2-4,8,13,15H,5-7H2,1H3. The van der Waals surface area contributed by atoms with Crippen molar-refractivity contribution < 1.29 is 10.0 Å². The number of rotatable bonds is 6. The molecule has 1 atom stereocenters. The highest BCUT2D eigenvalue weighted by atomic mass is 35.5. The molecule has 0 spiro atoms. The maximum Gasteiger partial charge on any atom is 0.310 e. The van der Waals surface area contributed by atoms with Crippen molar-refractivity contribution >= 4 is 23.0 Å². The molecule has 0 bridgehead atoms. The number of nitrogens with zero attached hydrogens (tertiary/aromatic N) is 1. The van der Waals surface area contributed by atoms with Gasteiger partial charge in [0.1, 0.15) is 10.7 Å². The number of nitro groups is 1. The Labute approximate surface area is 105 Å². The first kappa shape index (κ1) is 13.7. The zero-order valence-corrected chi connectivity index (χ0v) is 10.3. The Balaban J connectivity index is 2.77. The summed E-state index contributed by atoms with van der Waals surface area (Å²) in [6, 6.07) is 4.77. The summed E-state index contributed by atoms with van der Waals surface area (Å²) in [6.45, 7) is 2.63. The summed E-state index contributed by atoms with van der Waals surface area (Å²) in [5.41, 5.74) is 0.303. The molecule has 1 rings (SSSR count). The fourth-order valence-electron chi connectivity index (χ4n) is 1.45. The van der Waals surface area contributed by atoms with Gasteiger partial charge in [-0.05, 0) is 24.5 Å². The predicted octanol–water partition coefficient (Wildman–Crippen LogP) is 2.68. The molecule has 0 aliphatic heterocycles. The zero-order valence-electron chi connectivity index (χ0n) is 9.52.